The molecule has 0 radical (unpaired) electrons. The number of carbonyl (C=O) groups excluding carboxylic acids is 3. The fourth-order valence-corrected chi connectivity index (χ4v) is 3.73. The van der Waals surface area contributed by atoms with Gasteiger partial charge in [-0.15, -0.1) is 0 Å². The first-order chi connectivity index (χ1) is 15.0. The first-order valence-corrected chi connectivity index (χ1v) is 10.7. The van der Waals surface area contributed by atoms with Crippen LogP contribution < -0.4 is 15.5 Å². The van der Waals surface area contributed by atoms with E-state index in [2.05, 4.69) is 10.6 Å². The van der Waals surface area contributed by atoms with Crippen LogP contribution >= 0.6 is 0 Å². The van der Waals surface area contributed by atoms with Crippen molar-refractivity contribution in [2.24, 2.45) is 0 Å². The van der Waals surface area contributed by atoms with Crippen LogP contribution in [0.4, 0.5) is 10.5 Å². The van der Waals surface area contributed by atoms with Crippen molar-refractivity contribution < 1.29 is 19.1 Å². The minimum Gasteiger partial charge on any atom is -0.466 e. The van der Waals surface area contributed by atoms with Gasteiger partial charge < -0.3 is 20.3 Å². The van der Waals surface area contributed by atoms with E-state index in [1.807, 2.05) is 60.4 Å². The van der Waals surface area contributed by atoms with Gasteiger partial charge in [-0.2, -0.15) is 0 Å². The third-order valence-electron chi connectivity index (χ3n) is 5.28. The molecule has 0 saturated heterocycles. The van der Waals surface area contributed by atoms with Crippen molar-refractivity contribution in [3.63, 3.8) is 0 Å². The topological polar surface area (TPSA) is 87.7 Å². The summed E-state index contributed by atoms with van der Waals surface area (Å²) in [7, 11) is 0. The number of nitrogens with zero attached hydrogens (tertiary/aromatic N) is 1. The number of benzene rings is 2. The number of rotatable bonds is 8. The highest BCUT2D eigenvalue weighted by atomic mass is 16.5. The van der Waals surface area contributed by atoms with E-state index in [4.69, 9.17) is 4.74 Å². The molecule has 2 aromatic carbocycles. The van der Waals surface area contributed by atoms with Crippen molar-refractivity contribution in [1.29, 1.82) is 0 Å². The van der Waals surface area contributed by atoms with E-state index in [0.29, 0.717) is 26.1 Å². The maximum Gasteiger partial charge on any atom is 0.315 e. The molecule has 0 unspecified atom stereocenters. The molecule has 3 rings (SSSR count). The normalized spacial score (nSPS) is 13.3. The van der Waals surface area contributed by atoms with E-state index in [-0.39, 0.29) is 24.3 Å². The average Bonchev–Trinajstić information content (AvgIpc) is 3.21. The summed E-state index contributed by atoms with van der Waals surface area (Å²) in [5.74, 6) is -0.237. The van der Waals surface area contributed by atoms with Gasteiger partial charge in [0.1, 0.15) is 0 Å². The fraction of sp³-hybridized carbons (Fsp3) is 0.375. The molecule has 3 amide bonds. The van der Waals surface area contributed by atoms with Gasteiger partial charge in [-0.3, -0.25) is 9.59 Å². The van der Waals surface area contributed by atoms with Crippen LogP contribution in [0.2, 0.25) is 0 Å². The Labute approximate surface area is 182 Å². The molecule has 31 heavy (non-hydrogen) atoms. The lowest BCUT2D eigenvalue weighted by molar-refractivity contribution is -0.143. The molecule has 0 aromatic heterocycles. The van der Waals surface area contributed by atoms with E-state index in [0.717, 1.165) is 28.8 Å². The highest BCUT2D eigenvalue weighted by molar-refractivity contribution is 5.95. The zero-order valence-corrected chi connectivity index (χ0v) is 18.0. The minimum absolute atomic E-state index is 0.0609. The van der Waals surface area contributed by atoms with Crippen molar-refractivity contribution in [2.75, 3.05) is 18.1 Å². The van der Waals surface area contributed by atoms with Crippen molar-refractivity contribution in [1.82, 2.24) is 10.6 Å². The van der Waals surface area contributed by atoms with Gasteiger partial charge in [0.15, 0.2) is 0 Å². The first-order valence-electron chi connectivity index (χ1n) is 10.7. The molecule has 1 aliphatic heterocycles. The van der Waals surface area contributed by atoms with E-state index >= 15 is 0 Å². The number of esters is 1. The molecular formula is C24H29N3O4. The van der Waals surface area contributed by atoms with Gasteiger partial charge in [0.05, 0.1) is 19.1 Å². The van der Waals surface area contributed by atoms with E-state index in [1.54, 1.807) is 6.92 Å². The van der Waals surface area contributed by atoms with Crippen LogP contribution in [0.15, 0.2) is 48.5 Å². The van der Waals surface area contributed by atoms with Crippen LogP contribution in [-0.2, 0) is 27.3 Å². The largest absolute Gasteiger partial charge is 0.466 e. The van der Waals surface area contributed by atoms with Crippen LogP contribution in [0, 0.1) is 0 Å². The predicted octanol–water partition coefficient (Wildman–Crippen LogP) is 3.48. The fourth-order valence-electron chi connectivity index (χ4n) is 3.73. The van der Waals surface area contributed by atoms with E-state index < -0.39 is 6.04 Å². The second-order valence-electron chi connectivity index (χ2n) is 7.41. The number of anilines is 1. The molecule has 0 bridgehead atoms. The number of urea groups is 1. The highest BCUT2D eigenvalue weighted by Crippen LogP contribution is 2.29. The van der Waals surface area contributed by atoms with Crippen molar-refractivity contribution in [3.8, 4) is 0 Å². The third kappa shape index (κ3) is 5.84. The molecule has 7 heteroatoms. The summed E-state index contributed by atoms with van der Waals surface area (Å²) in [5.41, 5.74) is 3.87. The Kier molecular flexibility index (Phi) is 7.65. The molecule has 0 saturated carbocycles. The minimum atomic E-state index is -0.478. The zero-order chi connectivity index (χ0) is 22.2. The van der Waals surface area contributed by atoms with Crippen LogP contribution in [0.1, 0.15) is 49.4 Å². The van der Waals surface area contributed by atoms with Crippen LogP contribution in [0.3, 0.4) is 0 Å². The summed E-state index contributed by atoms with van der Waals surface area (Å²) in [6, 6.07) is 14.4. The lowest BCUT2D eigenvalue weighted by Crippen LogP contribution is -2.38. The molecular weight excluding hydrogens is 394 g/mol. The SMILES string of the molecule is CCOC(=O)C[C@@H](NC(=O)NCc1ccc2c(c1)CCN2C(=O)CC)c1ccccc1. The maximum absolute atomic E-state index is 12.5. The van der Waals surface area contributed by atoms with E-state index in [1.165, 1.54) is 0 Å². The summed E-state index contributed by atoms with van der Waals surface area (Å²) in [5, 5.41) is 5.73. The molecule has 164 valence electrons. The quantitative estimate of drug-likeness (QED) is 0.637. The van der Waals surface area contributed by atoms with Gasteiger partial charge in [0, 0.05) is 25.2 Å². The summed E-state index contributed by atoms with van der Waals surface area (Å²) in [4.78, 5) is 38.4. The van der Waals surface area contributed by atoms with Gasteiger partial charge in [-0.25, -0.2) is 4.79 Å². The number of amides is 3. The Hall–Kier alpha value is -3.35. The second-order valence-corrected chi connectivity index (χ2v) is 7.41. The van der Waals surface area contributed by atoms with Gasteiger partial charge in [0.25, 0.3) is 0 Å². The molecule has 2 N–H and O–H groups in total. The molecule has 0 spiro atoms. The monoisotopic (exact) mass is 423 g/mol. The summed E-state index contributed by atoms with van der Waals surface area (Å²) in [6.07, 6.45) is 1.36. The van der Waals surface area contributed by atoms with E-state index in [9.17, 15) is 14.4 Å². The van der Waals surface area contributed by atoms with Crippen molar-refractivity contribution >= 4 is 23.6 Å². The summed E-state index contributed by atoms with van der Waals surface area (Å²) >= 11 is 0. The lowest BCUT2D eigenvalue weighted by atomic mass is 10.0. The average molecular weight is 424 g/mol. The predicted molar refractivity (Wildman–Crippen MR) is 119 cm³/mol. The Morgan fingerprint density at radius 1 is 1.10 bits per heavy atom. The molecule has 0 fully saturated rings. The molecule has 7 nitrogen and oxygen atoms in total. The van der Waals surface area contributed by atoms with Crippen molar-refractivity contribution in [2.45, 2.75) is 45.7 Å². The molecule has 2 aromatic rings. The zero-order valence-electron chi connectivity index (χ0n) is 18.0. The molecule has 1 aliphatic rings. The summed E-state index contributed by atoms with van der Waals surface area (Å²) in [6.45, 7) is 4.96. The van der Waals surface area contributed by atoms with Crippen LogP contribution in [0.25, 0.3) is 0 Å². The number of hydrogen-bond donors (Lipinski definition) is 2. The Morgan fingerprint density at radius 2 is 1.87 bits per heavy atom. The number of ether oxygens (including phenoxy) is 1. The Bertz CT molecular complexity index is 930. The van der Waals surface area contributed by atoms with Gasteiger partial charge >= 0.3 is 12.0 Å². The highest BCUT2D eigenvalue weighted by Gasteiger charge is 2.24. The lowest BCUT2D eigenvalue weighted by Gasteiger charge is -2.19. The second kappa shape index (κ2) is 10.6. The Balaban J connectivity index is 1.60. The third-order valence-corrected chi connectivity index (χ3v) is 5.28. The molecule has 0 aliphatic carbocycles. The van der Waals surface area contributed by atoms with Gasteiger partial charge in [-0.1, -0.05) is 49.4 Å². The maximum atomic E-state index is 12.5. The molecule has 1 atom stereocenters. The van der Waals surface area contributed by atoms with Crippen molar-refractivity contribution in [3.05, 3.63) is 65.2 Å². The van der Waals surface area contributed by atoms with Crippen LogP contribution in [0.5, 0.6) is 0 Å². The Morgan fingerprint density at radius 3 is 2.58 bits per heavy atom. The van der Waals surface area contributed by atoms with Gasteiger partial charge in [-0.05, 0) is 36.1 Å². The summed E-state index contributed by atoms with van der Waals surface area (Å²) < 4.78 is 5.04. The number of fused-ring (bicyclic) bond motifs is 1. The smallest absolute Gasteiger partial charge is 0.315 e. The van der Waals surface area contributed by atoms with Gasteiger partial charge in [0.2, 0.25) is 5.91 Å². The first kappa shape index (κ1) is 22.3. The van der Waals surface area contributed by atoms with Crippen LogP contribution in [-0.4, -0.2) is 31.1 Å². The number of carbonyl (C=O) groups is 3. The number of nitrogens with one attached hydrogen (secondary N) is 2. The standard InChI is InChI=1S/C24H29N3O4/c1-3-22(28)27-13-12-19-14-17(10-11-21(19)27)16-25-24(30)26-20(15-23(29)31-4-2)18-8-6-5-7-9-18/h5-11,14,20H,3-4,12-13,15-16H2,1-2H3,(H2,25,26,30)/t20-/m1/s1. The molecule has 1 heterocycles. The number of hydrogen-bond acceptors (Lipinski definition) is 4.